The van der Waals surface area contributed by atoms with Gasteiger partial charge in [0, 0.05) is 0 Å². The molecule has 2 unspecified atom stereocenters. The summed E-state index contributed by atoms with van der Waals surface area (Å²) < 4.78 is 11.3. The van der Waals surface area contributed by atoms with Crippen molar-refractivity contribution in [1.82, 2.24) is 0 Å². The van der Waals surface area contributed by atoms with Gasteiger partial charge in [-0.3, -0.25) is 10.5 Å². The quantitative estimate of drug-likeness (QED) is 0.0770. The van der Waals surface area contributed by atoms with Crippen LogP contribution in [0.25, 0.3) is 32.7 Å². The third-order valence-corrected chi connectivity index (χ3v) is 8.01. The Morgan fingerprint density at radius 3 is 1.67 bits per heavy atom. The maximum atomic E-state index is 10.4. The molecule has 0 saturated carbocycles. The van der Waals surface area contributed by atoms with Crippen molar-refractivity contribution in [2.24, 2.45) is 0 Å². The Bertz CT molecular complexity index is 1960. The molecule has 0 saturated heterocycles. The summed E-state index contributed by atoms with van der Waals surface area (Å²) in [6.07, 6.45) is 1.80. The van der Waals surface area contributed by atoms with Crippen molar-refractivity contribution in [3.63, 3.8) is 0 Å². The molecule has 6 heteroatoms. The summed E-state index contributed by atoms with van der Waals surface area (Å²) >= 11 is 0. The summed E-state index contributed by atoms with van der Waals surface area (Å²) in [6.45, 7) is 8.19. The Kier molecular flexibility index (Phi) is 9.53. The third kappa shape index (κ3) is 6.29. The van der Waals surface area contributed by atoms with Gasteiger partial charge < -0.3 is 9.47 Å². The molecule has 6 rings (SSSR count). The van der Waals surface area contributed by atoms with E-state index < -0.39 is 12.2 Å². The van der Waals surface area contributed by atoms with Crippen LogP contribution in [-0.4, -0.2) is 23.7 Å². The Hall–Kier alpha value is -5.24. The maximum Gasteiger partial charge on any atom is 0.143 e. The van der Waals surface area contributed by atoms with Crippen molar-refractivity contribution in [2.45, 2.75) is 12.2 Å². The summed E-state index contributed by atoms with van der Waals surface area (Å²) in [5.41, 5.74) is 4.82. The SMILES string of the molecule is C=CCOc1ccc(C(OO)c2cc(-c3c(C(OO)c4ccc(OCC=C)cc4)ccc4ccccc34)c3ccccc3c2)cc1. The van der Waals surface area contributed by atoms with Crippen LogP contribution >= 0.6 is 0 Å². The highest BCUT2D eigenvalue weighted by atomic mass is 17.1. The monoisotopic (exact) mass is 610 g/mol. The number of hydrogen-bond acceptors (Lipinski definition) is 6. The van der Waals surface area contributed by atoms with E-state index in [1.165, 1.54) is 0 Å². The van der Waals surface area contributed by atoms with Gasteiger partial charge in [0.05, 0.1) is 0 Å². The van der Waals surface area contributed by atoms with Gasteiger partial charge in [0.1, 0.15) is 36.9 Å². The minimum atomic E-state index is -0.802. The van der Waals surface area contributed by atoms with E-state index in [9.17, 15) is 10.5 Å². The lowest BCUT2D eigenvalue weighted by Crippen LogP contribution is -2.08. The molecule has 2 N–H and O–H groups in total. The van der Waals surface area contributed by atoms with E-state index in [0.717, 1.165) is 54.9 Å². The molecule has 6 aromatic rings. The molecule has 2 atom stereocenters. The average Bonchev–Trinajstić information content (AvgIpc) is 3.11. The normalized spacial score (nSPS) is 12.5. The van der Waals surface area contributed by atoms with Crippen molar-refractivity contribution in [2.75, 3.05) is 13.2 Å². The minimum Gasteiger partial charge on any atom is -0.490 e. The fourth-order valence-electron chi connectivity index (χ4n) is 5.90. The van der Waals surface area contributed by atoms with E-state index >= 15 is 0 Å². The highest BCUT2D eigenvalue weighted by Gasteiger charge is 2.25. The smallest absolute Gasteiger partial charge is 0.143 e. The molecule has 6 nitrogen and oxygen atoms in total. The number of hydrogen-bond donors (Lipinski definition) is 2. The molecular formula is C40H34O6. The molecule has 0 bridgehead atoms. The van der Waals surface area contributed by atoms with Gasteiger partial charge in [-0.25, -0.2) is 9.78 Å². The molecular weight excluding hydrogens is 576 g/mol. The number of fused-ring (bicyclic) bond motifs is 2. The number of rotatable bonds is 13. The summed E-state index contributed by atoms with van der Waals surface area (Å²) in [5.74, 6) is 1.38. The largest absolute Gasteiger partial charge is 0.490 e. The molecule has 6 aromatic carbocycles. The highest BCUT2D eigenvalue weighted by Crippen LogP contribution is 2.43. The van der Waals surface area contributed by atoms with Gasteiger partial charge in [-0.05, 0) is 91.3 Å². The first kappa shape index (κ1) is 30.8. The van der Waals surface area contributed by atoms with Gasteiger partial charge in [-0.15, -0.1) is 0 Å². The van der Waals surface area contributed by atoms with E-state index in [0.29, 0.717) is 24.7 Å². The van der Waals surface area contributed by atoms with Crippen LogP contribution in [0.2, 0.25) is 0 Å². The fourth-order valence-corrected chi connectivity index (χ4v) is 5.90. The summed E-state index contributed by atoms with van der Waals surface area (Å²) in [7, 11) is 0. The second kappa shape index (κ2) is 14.2. The maximum absolute atomic E-state index is 10.4. The number of ether oxygens (including phenoxy) is 2. The molecule has 230 valence electrons. The van der Waals surface area contributed by atoms with Gasteiger partial charge in [0.25, 0.3) is 0 Å². The molecule has 0 amide bonds. The van der Waals surface area contributed by atoms with E-state index in [-0.39, 0.29) is 0 Å². The van der Waals surface area contributed by atoms with Gasteiger partial charge in [0.2, 0.25) is 0 Å². The van der Waals surface area contributed by atoms with Crippen molar-refractivity contribution in [3.8, 4) is 22.6 Å². The standard InChI is InChI=1S/C40H34O6/c1-3-23-43-32-18-13-28(14-19-32)39(45-41)31-25-30-10-6-7-11-34(30)37(26-31)38-35-12-8-5-9-27(35)17-22-36(38)40(46-42)29-15-20-33(21-16-29)44-24-4-2/h3-22,25-26,39-42H,1-2,23-24H2. The average molecular weight is 611 g/mol. The summed E-state index contributed by atoms with van der Waals surface area (Å²) in [5, 5.41) is 24.6. The van der Waals surface area contributed by atoms with Crippen LogP contribution in [0.3, 0.4) is 0 Å². The van der Waals surface area contributed by atoms with E-state index in [4.69, 9.17) is 19.2 Å². The van der Waals surface area contributed by atoms with Gasteiger partial charge in [0.15, 0.2) is 0 Å². The van der Waals surface area contributed by atoms with Crippen molar-refractivity contribution >= 4 is 21.5 Å². The van der Waals surface area contributed by atoms with E-state index in [2.05, 4.69) is 31.4 Å². The Morgan fingerprint density at radius 1 is 0.543 bits per heavy atom. The number of benzene rings is 6. The third-order valence-electron chi connectivity index (χ3n) is 8.01. The van der Waals surface area contributed by atoms with Crippen LogP contribution in [0.1, 0.15) is 34.5 Å². The topological polar surface area (TPSA) is 77.4 Å². The first-order valence-electron chi connectivity index (χ1n) is 15.0. The van der Waals surface area contributed by atoms with E-state index in [1.54, 1.807) is 12.2 Å². The molecule has 0 spiro atoms. The van der Waals surface area contributed by atoms with Crippen LogP contribution in [-0.2, 0) is 9.78 Å². The van der Waals surface area contributed by atoms with Crippen LogP contribution in [0.15, 0.2) is 147 Å². The van der Waals surface area contributed by atoms with Crippen LogP contribution in [0.5, 0.6) is 11.5 Å². The predicted molar refractivity (Wildman–Crippen MR) is 182 cm³/mol. The Labute approximate surface area is 267 Å². The van der Waals surface area contributed by atoms with Crippen molar-refractivity contribution < 1.29 is 29.8 Å². The molecule has 0 aliphatic heterocycles. The van der Waals surface area contributed by atoms with Crippen LogP contribution in [0, 0.1) is 0 Å². The second-order valence-electron chi connectivity index (χ2n) is 10.8. The molecule has 0 radical (unpaired) electrons. The Balaban J connectivity index is 1.54. The van der Waals surface area contributed by atoms with Gasteiger partial charge >= 0.3 is 0 Å². The van der Waals surface area contributed by atoms with Gasteiger partial charge in [-0.2, -0.15) is 0 Å². The zero-order chi connectivity index (χ0) is 31.9. The second-order valence-corrected chi connectivity index (χ2v) is 10.8. The van der Waals surface area contributed by atoms with Gasteiger partial charge in [-0.1, -0.05) is 110 Å². The molecule has 0 aliphatic carbocycles. The lowest BCUT2D eigenvalue weighted by atomic mass is 9.85. The lowest BCUT2D eigenvalue weighted by Gasteiger charge is -2.23. The first-order valence-corrected chi connectivity index (χ1v) is 15.0. The molecule has 0 heterocycles. The zero-order valence-corrected chi connectivity index (χ0v) is 25.2. The first-order chi connectivity index (χ1) is 22.6. The van der Waals surface area contributed by atoms with E-state index in [1.807, 2.05) is 103 Å². The minimum absolute atomic E-state index is 0.392. The highest BCUT2D eigenvalue weighted by molar-refractivity contribution is 6.07. The summed E-state index contributed by atoms with van der Waals surface area (Å²) in [4.78, 5) is 10.4. The molecule has 0 aliphatic rings. The summed E-state index contributed by atoms with van der Waals surface area (Å²) in [6, 6.07) is 39.2. The van der Waals surface area contributed by atoms with Crippen molar-refractivity contribution in [1.29, 1.82) is 0 Å². The molecule has 0 aromatic heterocycles. The Morgan fingerprint density at radius 2 is 1.09 bits per heavy atom. The van der Waals surface area contributed by atoms with Crippen molar-refractivity contribution in [3.05, 3.63) is 169 Å². The van der Waals surface area contributed by atoms with Crippen LogP contribution in [0.4, 0.5) is 0 Å². The molecule has 0 fully saturated rings. The predicted octanol–water partition coefficient (Wildman–Crippen LogP) is 9.95. The lowest BCUT2D eigenvalue weighted by molar-refractivity contribution is -0.270. The zero-order valence-electron chi connectivity index (χ0n) is 25.2. The van der Waals surface area contributed by atoms with Crippen LogP contribution < -0.4 is 9.47 Å². The molecule has 46 heavy (non-hydrogen) atoms. The fraction of sp³-hybridized carbons (Fsp3) is 0.100.